The van der Waals surface area contributed by atoms with Gasteiger partial charge in [0.15, 0.2) is 5.78 Å². The summed E-state index contributed by atoms with van der Waals surface area (Å²) in [6, 6.07) is 4.43. The zero-order valence-corrected chi connectivity index (χ0v) is 19.2. The monoisotopic (exact) mass is 438 g/mol. The van der Waals surface area contributed by atoms with E-state index < -0.39 is 5.92 Å². The summed E-state index contributed by atoms with van der Waals surface area (Å²) in [5, 5.41) is 31.4. The van der Waals surface area contributed by atoms with E-state index in [1.54, 1.807) is 6.07 Å². The second-order valence-electron chi connectivity index (χ2n) is 8.52. The van der Waals surface area contributed by atoms with Crippen molar-refractivity contribution in [3.63, 3.8) is 0 Å². The number of aromatic hydroxyl groups is 3. The molecule has 32 heavy (non-hydrogen) atoms. The standard InChI is InChI=1S/C26H30O6/c1-14(2)6-8-16-10-18(21(28)12-23(16)31-5)19-13-32-26-17(9-7-15(3)4)20(27)11-22(29)24(26)25(19)30/h6-7,10-12,19,27-29H,8-9,13H2,1-5H3. The lowest BCUT2D eigenvalue weighted by molar-refractivity contribution is 0.0888. The minimum Gasteiger partial charge on any atom is -0.508 e. The Bertz CT molecular complexity index is 1100. The smallest absolute Gasteiger partial charge is 0.181 e. The molecule has 0 saturated carbocycles. The molecule has 1 atom stereocenters. The van der Waals surface area contributed by atoms with Crippen LogP contribution in [0.5, 0.6) is 28.7 Å². The Balaban J connectivity index is 2.07. The quantitative estimate of drug-likeness (QED) is 0.537. The van der Waals surface area contributed by atoms with Gasteiger partial charge in [-0.05, 0) is 52.2 Å². The molecule has 0 spiro atoms. The van der Waals surface area contributed by atoms with E-state index in [1.807, 2.05) is 39.8 Å². The molecule has 0 radical (unpaired) electrons. The number of hydrogen-bond donors (Lipinski definition) is 3. The molecule has 3 rings (SSSR count). The van der Waals surface area contributed by atoms with E-state index in [0.29, 0.717) is 29.7 Å². The summed E-state index contributed by atoms with van der Waals surface area (Å²) in [5.74, 6) is -0.978. The van der Waals surface area contributed by atoms with Crippen LogP contribution in [0.25, 0.3) is 0 Å². The van der Waals surface area contributed by atoms with Gasteiger partial charge in [-0.2, -0.15) is 0 Å². The van der Waals surface area contributed by atoms with Crippen LogP contribution in [0.1, 0.15) is 60.7 Å². The molecule has 0 amide bonds. The minimum absolute atomic E-state index is 0.0154. The molecule has 6 heteroatoms. The summed E-state index contributed by atoms with van der Waals surface area (Å²) in [7, 11) is 1.53. The molecular weight excluding hydrogens is 408 g/mol. The van der Waals surface area contributed by atoms with Gasteiger partial charge in [0.1, 0.15) is 40.9 Å². The first kappa shape index (κ1) is 23.3. The van der Waals surface area contributed by atoms with Crippen molar-refractivity contribution in [2.24, 2.45) is 0 Å². The zero-order valence-electron chi connectivity index (χ0n) is 19.2. The lowest BCUT2D eigenvalue weighted by Gasteiger charge is -2.28. The molecule has 6 nitrogen and oxygen atoms in total. The third kappa shape index (κ3) is 4.59. The van der Waals surface area contributed by atoms with E-state index in [9.17, 15) is 20.1 Å². The molecule has 170 valence electrons. The number of rotatable bonds is 6. The van der Waals surface area contributed by atoms with E-state index in [-0.39, 0.29) is 41.0 Å². The van der Waals surface area contributed by atoms with Gasteiger partial charge in [0, 0.05) is 23.3 Å². The van der Waals surface area contributed by atoms with Crippen LogP contribution in [0.4, 0.5) is 0 Å². The number of benzene rings is 2. The van der Waals surface area contributed by atoms with Crippen LogP contribution in [-0.2, 0) is 12.8 Å². The average molecular weight is 439 g/mol. The number of fused-ring (bicyclic) bond motifs is 1. The predicted molar refractivity (Wildman–Crippen MR) is 123 cm³/mol. The first-order valence-corrected chi connectivity index (χ1v) is 10.5. The lowest BCUT2D eigenvalue weighted by Crippen LogP contribution is -2.27. The fourth-order valence-corrected chi connectivity index (χ4v) is 3.80. The summed E-state index contributed by atoms with van der Waals surface area (Å²) in [6.07, 6.45) is 4.91. The highest BCUT2D eigenvalue weighted by Crippen LogP contribution is 2.46. The molecule has 1 aliphatic heterocycles. The number of methoxy groups -OCH3 is 1. The Morgan fingerprint density at radius 3 is 2.28 bits per heavy atom. The number of phenols is 3. The van der Waals surface area contributed by atoms with Crippen LogP contribution in [0.15, 0.2) is 41.5 Å². The van der Waals surface area contributed by atoms with E-state index in [1.165, 1.54) is 19.2 Å². The number of allylic oxidation sites excluding steroid dienone is 4. The molecule has 2 aromatic rings. The SMILES string of the molecule is COc1cc(O)c(C2COc3c(CC=C(C)C)c(O)cc(O)c3C2=O)cc1CC=C(C)C. The second-order valence-corrected chi connectivity index (χ2v) is 8.52. The van der Waals surface area contributed by atoms with Crippen LogP contribution in [-0.4, -0.2) is 34.8 Å². The maximum absolute atomic E-state index is 13.4. The largest absolute Gasteiger partial charge is 0.508 e. The van der Waals surface area contributed by atoms with Gasteiger partial charge in [-0.3, -0.25) is 4.79 Å². The number of hydrogen-bond acceptors (Lipinski definition) is 6. The van der Waals surface area contributed by atoms with Crippen molar-refractivity contribution in [1.29, 1.82) is 0 Å². The van der Waals surface area contributed by atoms with Crippen molar-refractivity contribution in [3.05, 3.63) is 63.8 Å². The number of ether oxygens (including phenoxy) is 2. The molecular formula is C26H30O6. The van der Waals surface area contributed by atoms with Crippen LogP contribution in [0.2, 0.25) is 0 Å². The van der Waals surface area contributed by atoms with Gasteiger partial charge in [0.25, 0.3) is 0 Å². The fourth-order valence-electron chi connectivity index (χ4n) is 3.80. The number of carbonyl (C=O) groups is 1. The summed E-state index contributed by atoms with van der Waals surface area (Å²) in [5.41, 5.74) is 3.92. The second kappa shape index (κ2) is 9.39. The normalized spacial score (nSPS) is 14.9. The Labute approximate surface area is 188 Å². The summed E-state index contributed by atoms with van der Waals surface area (Å²) >= 11 is 0. The molecule has 0 fully saturated rings. The minimum atomic E-state index is -0.800. The van der Waals surface area contributed by atoms with Gasteiger partial charge in [-0.1, -0.05) is 23.3 Å². The molecule has 1 aliphatic rings. The molecule has 2 aromatic carbocycles. The Morgan fingerprint density at radius 1 is 1.00 bits per heavy atom. The summed E-state index contributed by atoms with van der Waals surface area (Å²) < 4.78 is 11.3. The number of ketones is 1. The van der Waals surface area contributed by atoms with Crippen molar-refractivity contribution < 1.29 is 29.6 Å². The van der Waals surface area contributed by atoms with Crippen molar-refractivity contribution in [1.82, 2.24) is 0 Å². The van der Waals surface area contributed by atoms with Crippen molar-refractivity contribution in [2.75, 3.05) is 13.7 Å². The van der Waals surface area contributed by atoms with Crippen LogP contribution < -0.4 is 9.47 Å². The van der Waals surface area contributed by atoms with E-state index in [0.717, 1.165) is 16.7 Å². The highest BCUT2D eigenvalue weighted by Gasteiger charge is 2.36. The van der Waals surface area contributed by atoms with E-state index in [2.05, 4.69) is 0 Å². The van der Waals surface area contributed by atoms with Crippen LogP contribution in [0.3, 0.4) is 0 Å². The highest BCUT2D eigenvalue weighted by molar-refractivity contribution is 6.07. The highest BCUT2D eigenvalue weighted by atomic mass is 16.5. The summed E-state index contributed by atoms with van der Waals surface area (Å²) in [4.78, 5) is 13.4. The first-order valence-electron chi connectivity index (χ1n) is 10.5. The van der Waals surface area contributed by atoms with Gasteiger partial charge in [-0.15, -0.1) is 0 Å². The number of carbonyl (C=O) groups excluding carboxylic acids is 1. The third-order valence-corrected chi connectivity index (χ3v) is 5.55. The van der Waals surface area contributed by atoms with E-state index >= 15 is 0 Å². The average Bonchev–Trinajstić information content (AvgIpc) is 2.72. The molecule has 0 saturated heterocycles. The molecule has 1 heterocycles. The van der Waals surface area contributed by atoms with Crippen molar-refractivity contribution >= 4 is 5.78 Å². The first-order chi connectivity index (χ1) is 15.1. The van der Waals surface area contributed by atoms with Crippen molar-refractivity contribution in [3.8, 4) is 28.7 Å². The Hall–Kier alpha value is -3.41. The lowest BCUT2D eigenvalue weighted by atomic mass is 9.85. The fraction of sp³-hybridized carbons (Fsp3) is 0.346. The molecule has 0 aliphatic carbocycles. The maximum Gasteiger partial charge on any atom is 0.181 e. The molecule has 0 aromatic heterocycles. The zero-order chi connectivity index (χ0) is 23.6. The van der Waals surface area contributed by atoms with Gasteiger partial charge in [0.05, 0.1) is 13.0 Å². The maximum atomic E-state index is 13.4. The topological polar surface area (TPSA) is 96.2 Å². The Kier molecular flexibility index (Phi) is 6.82. The van der Waals surface area contributed by atoms with Crippen molar-refractivity contribution in [2.45, 2.75) is 46.5 Å². The molecule has 0 bridgehead atoms. The summed E-state index contributed by atoms with van der Waals surface area (Å²) in [6.45, 7) is 7.84. The molecule has 1 unspecified atom stereocenters. The predicted octanol–water partition coefficient (Wildman–Crippen LogP) is 5.19. The third-order valence-electron chi connectivity index (χ3n) is 5.55. The Morgan fingerprint density at radius 2 is 1.66 bits per heavy atom. The number of phenolic OH excluding ortho intramolecular Hbond substituents is 3. The molecule has 3 N–H and O–H groups in total. The van der Waals surface area contributed by atoms with Gasteiger partial charge >= 0.3 is 0 Å². The van der Waals surface area contributed by atoms with Gasteiger partial charge in [0.2, 0.25) is 0 Å². The van der Waals surface area contributed by atoms with Gasteiger partial charge < -0.3 is 24.8 Å². The van der Waals surface area contributed by atoms with Crippen LogP contribution in [0, 0.1) is 0 Å². The van der Waals surface area contributed by atoms with Crippen LogP contribution >= 0.6 is 0 Å². The van der Waals surface area contributed by atoms with E-state index in [4.69, 9.17) is 9.47 Å². The van der Waals surface area contributed by atoms with Gasteiger partial charge in [-0.25, -0.2) is 0 Å². The number of Topliss-reactive ketones (excluding diaryl/α,β-unsaturated/α-hetero) is 1.